The normalized spacial score (nSPS) is 12.4. The van der Waals surface area contributed by atoms with Crippen molar-refractivity contribution >= 4 is 49.7 Å². The number of benzene rings is 3. The van der Waals surface area contributed by atoms with Crippen molar-refractivity contribution in [2.24, 2.45) is 14.1 Å². The van der Waals surface area contributed by atoms with Gasteiger partial charge in [-0.1, -0.05) is 30.3 Å². The molecular formula is C21H16N4. The van der Waals surface area contributed by atoms with Crippen LogP contribution in [0.2, 0.25) is 0 Å². The molecule has 120 valence electrons. The van der Waals surface area contributed by atoms with Crippen molar-refractivity contribution in [2.75, 3.05) is 0 Å². The third kappa shape index (κ3) is 1.45. The van der Waals surface area contributed by atoms with Gasteiger partial charge in [0.25, 0.3) is 0 Å². The Hall–Kier alpha value is -3.27. The van der Waals surface area contributed by atoms with Gasteiger partial charge in [0.05, 0.1) is 27.6 Å². The van der Waals surface area contributed by atoms with Crippen molar-refractivity contribution in [3.05, 3.63) is 60.7 Å². The minimum Gasteiger partial charge on any atom is -0.344 e. The number of imidazole rings is 2. The minimum absolute atomic E-state index is 0.982. The van der Waals surface area contributed by atoms with Crippen LogP contribution in [0.1, 0.15) is 0 Å². The van der Waals surface area contributed by atoms with E-state index in [-0.39, 0.29) is 0 Å². The first-order chi connectivity index (χ1) is 12.2. The number of aryl methyl sites for hydroxylation is 2. The van der Waals surface area contributed by atoms with Gasteiger partial charge in [0, 0.05) is 30.4 Å². The molecule has 4 nitrogen and oxygen atoms in total. The summed E-state index contributed by atoms with van der Waals surface area (Å²) in [7, 11) is 4.22. The molecule has 0 bridgehead atoms. The number of nitrogens with zero attached hydrogens (tertiary/aromatic N) is 4. The zero-order valence-corrected chi connectivity index (χ0v) is 14.1. The van der Waals surface area contributed by atoms with Gasteiger partial charge in [-0.25, -0.2) is 4.98 Å². The first-order valence-electron chi connectivity index (χ1n) is 8.47. The molecule has 3 aromatic carbocycles. The van der Waals surface area contributed by atoms with E-state index in [0.29, 0.717) is 0 Å². The predicted molar refractivity (Wildman–Crippen MR) is 103 cm³/mol. The molecular weight excluding hydrogens is 308 g/mol. The second-order valence-electron chi connectivity index (χ2n) is 6.73. The molecule has 0 aliphatic carbocycles. The number of fused-ring (bicyclic) bond motifs is 8. The highest BCUT2D eigenvalue weighted by Gasteiger charge is 2.16. The lowest BCUT2D eigenvalue weighted by Crippen LogP contribution is -1.87. The van der Waals surface area contributed by atoms with Gasteiger partial charge in [-0.3, -0.25) is 4.40 Å². The van der Waals surface area contributed by atoms with Crippen molar-refractivity contribution < 1.29 is 0 Å². The molecule has 0 atom stereocenters. The van der Waals surface area contributed by atoms with E-state index >= 15 is 0 Å². The van der Waals surface area contributed by atoms with E-state index < -0.39 is 0 Å². The quantitative estimate of drug-likeness (QED) is 0.400. The Bertz CT molecular complexity index is 1460. The second kappa shape index (κ2) is 4.22. The van der Waals surface area contributed by atoms with Crippen molar-refractivity contribution in [1.82, 2.24) is 18.5 Å². The van der Waals surface area contributed by atoms with Crippen LogP contribution in [-0.2, 0) is 14.1 Å². The van der Waals surface area contributed by atoms with E-state index in [4.69, 9.17) is 4.98 Å². The zero-order chi connectivity index (χ0) is 16.7. The summed E-state index contributed by atoms with van der Waals surface area (Å²) in [6, 6.07) is 21.5. The molecule has 3 aromatic heterocycles. The fourth-order valence-electron chi connectivity index (χ4n) is 4.22. The summed E-state index contributed by atoms with van der Waals surface area (Å²) in [5, 5.41) is 2.54. The number of para-hydroxylation sites is 3. The summed E-state index contributed by atoms with van der Waals surface area (Å²) in [5.74, 6) is 0.982. The standard InChI is InChI=1S/C21H16N4/c1-23-16-8-4-3-7-13(16)14-11-15-20(12-19(14)23)25-18-10-6-5-9-17(18)24(2)21(25)22-15/h3-12H,1-2H3. The summed E-state index contributed by atoms with van der Waals surface area (Å²) in [6.07, 6.45) is 0. The molecule has 0 spiro atoms. The van der Waals surface area contributed by atoms with E-state index in [1.54, 1.807) is 0 Å². The maximum atomic E-state index is 4.93. The minimum atomic E-state index is 0.982. The molecule has 0 saturated heterocycles. The number of hydrogen-bond donors (Lipinski definition) is 0. The lowest BCUT2D eigenvalue weighted by atomic mass is 10.1. The molecule has 0 saturated carbocycles. The highest BCUT2D eigenvalue weighted by molar-refractivity contribution is 6.12. The van der Waals surface area contributed by atoms with Gasteiger partial charge >= 0.3 is 0 Å². The average molecular weight is 324 g/mol. The van der Waals surface area contributed by atoms with Gasteiger partial charge < -0.3 is 9.13 Å². The Morgan fingerprint density at radius 1 is 0.640 bits per heavy atom. The summed E-state index contributed by atoms with van der Waals surface area (Å²) in [4.78, 5) is 4.93. The Labute approximate surface area is 143 Å². The zero-order valence-electron chi connectivity index (χ0n) is 14.1. The highest BCUT2D eigenvalue weighted by Crippen LogP contribution is 2.33. The Balaban J connectivity index is 1.90. The fraction of sp³-hybridized carbons (Fsp3) is 0.0952. The van der Waals surface area contributed by atoms with Crippen LogP contribution in [0.15, 0.2) is 60.7 Å². The summed E-state index contributed by atoms with van der Waals surface area (Å²) in [5.41, 5.74) is 7.09. The molecule has 0 amide bonds. The Kier molecular flexibility index (Phi) is 2.21. The number of hydrogen-bond acceptors (Lipinski definition) is 1. The van der Waals surface area contributed by atoms with Crippen LogP contribution < -0.4 is 0 Å². The summed E-state index contributed by atoms with van der Waals surface area (Å²) < 4.78 is 6.70. The maximum absolute atomic E-state index is 4.93. The van der Waals surface area contributed by atoms with Crippen molar-refractivity contribution in [3.8, 4) is 0 Å². The third-order valence-electron chi connectivity index (χ3n) is 5.46. The topological polar surface area (TPSA) is 27.2 Å². The number of rotatable bonds is 0. The monoisotopic (exact) mass is 324 g/mol. The van der Waals surface area contributed by atoms with E-state index in [1.807, 2.05) is 0 Å². The molecule has 0 N–H and O–H groups in total. The van der Waals surface area contributed by atoms with Gasteiger partial charge in [-0.05, 0) is 30.3 Å². The van der Waals surface area contributed by atoms with E-state index in [9.17, 15) is 0 Å². The molecule has 0 aliphatic heterocycles. The van der Waals surface area contributed by atoms with E-state index in [1.165, 1.54) is 32.8 Å². The first kappa shape index (κ1) is 13.1. The summed E-state index contributed by atoms with van der Waals surface area (Å²) >= 11 is 0. The molecule has 0 unspecified atom stereocenters. The Morgan fingerprint density at radius 2 is 1.36 bits per heavy atom. The third-order valence-corrected chi connectivity index (χ3v) is 5.46. The summed E-state index contributed by atoms with van der Waals surface area (Å²) in [6.45, 7) is 0. The largest absolute Gasteiger partial charge is 0.344 e. The predicted octanol–water partition coefficient (Wildman–Crippen LogP) is 4.62. The average Bonchev–Trinajstić information content (AvgIpc) is 3.25. The van der Waals surface area contributed by atoms with Gasteiger partial charge in [-0.15, -0.1) is 0 Å². The molecule has 0 fully saturated rings. The smallest absolute Gasteiger partial charge is 0.215 e. The van der Waals surface area contributed by atoms with Crippen LogP contribution >= 0.6 is 0 Å². The highest BCUT2D eigenvalue weighted by atomic mass is 15.2. The molecule has 4 heteroatoms. The molecule has 0 radical (unpaired) electrons. The SMILES string of the molecule is Cn1c2ccccc2c2cc3nc4n(C)c5ccccc5n4c3cc21. The van der Waals surface area contributed by atoms with Gasteiger partial charge in [0.2, 0.25) is 5.78 Å². The van der Waals surface area contributed by atoms with Crippen LogP contribution in [-0.4, -0.2) is 18.5 Å². The van der Waals surface area contributed by atoms with Gasteiger partial charge in [0.1, 0.15) is 0 Å². The Morgan fingerprint density at radius 3 is 2.20 bits per heavy atom. The lowest BCUT2D eigenvalue weighted by molar-refractivity contribution is 0.973. The van der Waals surface area contributed by atoms with Crippen LogP contribution in [0.25, 0.3) is 49.7 Å². The van der Waals surface area contributed by atoms with Crippen molar-refractivity contribution in [1.29, 1.82) is 0 Å². The lowest BCUT2D eigenvalue weighted by Gasteiger charge is -1.99. The second-order valence-corrected chi connectivity index (χ2v) is 6.73. The number of aromatic nitrogens is 4. The molecule has 6 rings (SSSR count). The van der Waals surface area contributed by atoms with E-state index in [2.05, 4.69) is 88.3 Å². The maximum Gasteiger partial charge on any atom is 0.215 e. The first-order valence-corrected chi connectivity index (χ1v) is 8.47. The van der Waals surface area contributed by atoms with E-state index in [0.717, 1.165) is 16.8 Å². The fourth-order valence-corrected chi connectivity index (χ4v) is 4.22. The van der Waals surface area contributed by atoms with Crippen LogP contribution in [0.3, 0.4) is 0 Å². The molecule has 3 heterocycles. The van der Waals surface area contributed by atoms with Crippen LogP contribution in [0, 0.1) is 0 Å². The molecule has 25 heavy (non-hydrogen) atoms. The molecule has 0 aliphatic rings. The van der Waals surface area contributed by atoms with Crippen LogP contribution in [0.4, 0.5) is 0 Å². The van der Waals surface area contributed by atoms with Gasteiger partial charge in [-0.2, -0.15) is 0 Å². The van der Waals surface area contributed by atoms with Crippen LogP contribution in [0.5, 0.6) is 0 Å². The van der Waals surface area contributed by atoms with Crippen molar-refractivity contribution in [2.45, 2.75) is 0 Å². The van der Waals surface area contributed by atoms with Gasteiger partial charge in [0.15, 0.2) is 0 Å². The molecule has 6 aromatic rings. The van der Waals surface area contributed by atoms with Crippen molar-refractivity contribution in [3.63, 3.8) is 0 Å².